The molecule has 6 heteroatoms. The Kier molecular flexibility index (Phi) is 5.12. The number of ether oxygens (including phenoxy) is 1. The summed E-state index contributed by atoms with van der Waals surface area (Å²) in [6.45, 7) is 1.49. The van der Waals surface area contributed by atoms with Crippen molar-refractivity contribution < 1.29 is 27.1 Å². The average molecular weight is 264 g/mol. The van der Waals surface area contributed by atoms with Crippen LogP contribution in [0.25, 0.3) is 0 Å². The molecule has 0 fully saturated rings. The Hall–Kier alpha value is -1.59. The maximum Gasteiger partial charge on any atom is 0.203 e. The van der Waals surface area contributed by atoms with E-state index < -0.39 is 29.0 Å². The van der Waals surface area contributed by atoms with E-state index in [2.05, 4.69) is 4.74 Å². The molecule has 0 saturated heterocycles. The fourth-order valence-corrected chi connectivity index (χ4v) is 1.30. The van der Waals surface area contributed by atoms with Crippen molar-refractivity contribution in [1.82, 2.24) is 0 Å². The van der Waals surface area contributed by atoms with Crippen LogP contribution in [0.15, 0.2) is 6.07 Å². The summed E-state index contributed by atoms with van der Waals surface area (Å²) in [5.41, 5.74) is 0. The van der Waals surface area contributed by atoms with Crippen LogP contribution in [0.3, 0.4) is 0 Å². The lowest BCUT2D eigenvalue weighted by molar-refractivity contribution is -0.118. The second kappa shape index (κ2) is 6.37. The third kappa shape index (κ3) is 3.45. The summed E-state index contributed by atoms with van der Waals surface area (Å²) >= 11 is 0. The number of hydrogen-bond donors (Lipinski definition) is 0. The van der Waals surface area contributed by atoms with Gasteiger partial charge in [-0.2, -0.15) is 8.78 Å². The zero-order valence-electron chi connectivity index (χ0n) is 9.73. The van der Waals surface area contributed by atoms with E-state index in [1.807, 2.05) is 0 Å². The molecule has 0 bridgehead atoms. The third-order valence-electron chi connectivity index (χ3n) is 2.31. The van der Waals surface area contributed by atoms with Crippen molar-refractivity contribution >= 4 is 5.78 Å². The summed E-state index contributed by atoms with van der Waals surface area (Å²) in [7, 11) is 0. The van der Waals surface area contributed by atoms with Crippen molar-refractivity contribution in [3.8, 4) is 5.75 Å². The molecule has 0 saturated carbocycles. The molecule has 0 aliphatic rings. The van der Waals surface area contributed by atoms with Crippen LogP contribution in [0.5, 0.6) is 5.75 Å². The SMILES string of the molecule is CCC(=O)CCCOc1c(F)c(F)cc(F)c1F. The van der Waals surface area contributed by atoms with E-state index in [-0.39, 0.29) is 31.3 Å². The smallest absolute Gasteiger partial charge is 0.203 e. The van der Waals surface area contributed by atoms with Crippen LogP contribution in [-0.2, 0) is 4.79 Å². The highest BCUT2D eigenvalue weighted by molar-refractivity contribution is 5.77. The van der Waals surface area contributed by atoms with Crippen LogP contribution in [-0.4, -0.2) is 12.4 Å². The van der Waals surface area contributed by atoms with E-state index in [0.29, 0.717) is 6.42 Å². The van der Waals surface area contributed by atoms with Gasteiger partial charge in [-0.15, -0.1) is 0 Å². The van der Waals surface area contributed by atoms with E-state index in [1.54, 1.807) is 6.92 Å². The molecule has 0 aliphatic heterocycles. The van der Waals surface area contributed by atoms with E-state index >= 15 is 0 Å². The highest BCUT2D eigenvalue weighted by atomic mass is 19.2. The molecule has 0 aromatic heterocycles. The van der Waals surface area contributed by atoms with Gasteiger partial charge in [0.2, 0.25) is 11.6 Å². The number of carbonyl (C=O) groups is 1. The molecule has 0 amide bonds. The lowest BCUT2D eigenvalue weighted by Gasteiger charge is -2.08. The van der Waals surface area contributed by atoms with Crippen LogP contribution in [0.2, 0.25) is 0 Å². The predicted molar refractivity (Wildman–Crippen MR) is 56.3 cm³/mol. The van der Waals surface area contributed by atoms with Gasteiger partial charge in [-0.25, -0.2) is 8.78 Å². The van der Waals surface area contributed by atoms with Gasteiger partial charge in [0, 0.05) is 18.9 Å². The number of hydrogen-bond acceptors (Lipinski definition) is 2. The molecule has 100 valence electrons. The lowest BCUT2D eigenvalue weighted by Crippen LogP contribution is -2.06. The molecule has 18 heavy (non-hydrogen) atoms. The quantitative estimate of drug-likeness (QED) is 0.447. The molecule has 0 N–H and O–H groups in total. The molecule has 0 aliphatic carbocycles. The maximum absolute atomic E-state index is 13.1. The van der Waals surface area contributed by atoms with E-state index in [9.17, 15) is 22.4 Å². The van der Waals surface area contributed by atoms with E-state index in [1.165, 1.54) is 0 Å². The van der Waals surface area contributed by atoms with E-state index in [0.717, 1.165) is 0 Å². The molecule has 0 radical (unpaired) electrons. The van der Waals surface area contributed by atoms with Gasteiger partial charge in [-0.1, -0.05) is 6.92 Å². The summed E-state index contributed by atoms with van der Waals surface area (Å²) in [5.74, 6) is -7.30. The summed E-state index contributed by atoms with van der Waals surface area (Å²) in [5, 5.41) is 0. The first-order chi connectivity index (χ1) is 8.47. The molecule has 1 rings (SSSR count). The van der Waals surface area contributed by atoms with Gasteiger partial charge in [0.15, 0.2) is 17.4 Å². The Bertz CT molecular complexity index is 420. The van der Waals surface area contributed by atoms with Gasteiger partial charge >= 0.3 is 0 Å². The minimum absolute atomic E-state index is 0.0232. The second-order valence-electron chi connectivity index (χ2n) is 3.64. The fourth-order valence-electron chi connectivity index (χ4n) is 1.30. The molecule has 0 atom stereocenters. The molecule has 1 aromatic rings. The summed E-state index contributed by atoms with van der Waals surface area (Å²) in [4.78, 5) is 10.9. The van der Waals surface area contributed by atoms with Gasteiger partial charge in [0.25, 0.3) is 0 Å². The van der Waals surface area contributed by atoms with Crippen LogP contribution >= 0.6 is 0 Å². The third-order valence-corrected chi connectivity index (χ3v) is 2.31. The van der Waals surface area contributed by atoms with Crippen molar-refractivity contribution in [3.63, 3.8) is 0 Å². The van der Waals surface area contributed by atoms with Gasteiger partial charge in [0.05, 0.1) is 6.61 Å². The molecule has 1 aromatic carbocycles. The minimum atomic E-state index is -1.57. The molecule has 0 heterocycles. The van der Waals surface area contributed by atoms with Crippen LogP contribution in [0, 0.1) is 23.3 Å². The van der Waals surface area contributed by atoms with E-state index in [4.69, 9.17) is 0 Å². The lowest BCUT2D eigenvalue weighted by atomic mass is 10.2. The molecular weight excluding hydrogens is 252 g/mol. The Morgan fingerprint density at radius 3 is 2.22 bits per heavy atom. The molecule has 2 nitrogen and oxygen atoms in total. The number of benzene rings is 1. The number of Topliss-reactive ketones (excluding diaryl/α,β-unsaturated/α-hetero) is 1. The zero-order valence-corrected chi connectivity index (χ0v) is 9.73. The van der Waals surface area contributed by atoms with Gasteiger partial charge < -0.3 is 4.74 Å². The largest absolute Gasteiger partial charge is 0.487 e. The Morgan fingerprint density at radius 1 is 1.17 bits per heavy atom. The normalized spacial score (nSPS) is 10.5. The summed E-state index contributed by atoms with van der Waals surface area (Å²) in [6.07, 6.45) is 0.776. The van der Waals surface area contributed by atoms with Gasteiger partial charge in [-0.05, 0) is 6.42 Å². The van der Waals surface area contributed by atoms with Crippen LogP contribution in [0.4, 0.5) is 17.6 Å². The molecule has 0 spiro atoms. The first-order valence-corrected chi connectivity index (χ1v) is 5.44. The van der Waals surface area contributed by atoms with Crippen LogP contribution < -0.4 is 4.74 Å². The number of rotatable bonds is 6. The highest BCUT2D eigenvalue weighted by Gasteiger charge is 2.20. The van der Waals surface area contributed by atoms with Gasteiger partial charge in [0.1, 0.15) is 5.78 Å². The standard InChI is InChI=1S/C12H12F4O2/c1-2-7(17)4-3-5-18-12-10(15)8(13)6-9(14)11(12)16/h6H,2-5H2,1H3. The fraction of sp³-hybridized carbons (Fsp3) is 0.417. The number of halogens is 4. The number of ketones is 1. The first-order valence-electron chi connectivity index (χ1n) is 5.44. The first kappa shape index (κ1) is 14.5. The number of carbonyl (C=O) groups excluding carboxylic acids is 1. The average Bonchev–Trinajstić information content (AvgIpc) is 2.35. The van der Waals surface area contributed by atoms with Gasteiger partial charge in [-0.3, -0.25) is 4.79 Å². The molecule has 0 unspecified atom stereocenters. The van der Waals surface area contributed by atoms with Crippen LogP contribution in [0.1, 0.15) is 26.2 Å². The second-order valence-corrected chi connectivity index (χ2v) is 3.64. The summed E-state index contributed by atoms with van der Waals surface area (Å²) < 4.78 is 56.5. The van der Waals surface area contributed by atoms with Crippen molar-refractivity contribution in [2.24, 2.45) is 0 Å². The van der Waals surface area contributed by atoms with Crippen molar-refractivity contribution in [2.45, 2.75) is 26.2 Å². The Labute approximate surface area is 102 Å². The molecular formula is C12H12F4O2. The van der Waals surface area contributed by atoms with Crippen molar-refractivity contribution in [2.75, 3.05) is 6.61 Å². The Balaban J connectivity index is 2.65. The zero-order chi connectivity index (χ0) is 13.7. The highest BCUT2D eigenvalue weighted by Crippen LogP contribution is 2.26. The minimum Gasteiger partial charge on any atom is -0.487 e. The Morgan fingerprint density at radius 2 is 1.72 bits per heavy atom. The van der Waals surface area contributed by atoms with Crippen molar-refractivity contribution in [1.29, 1.82) is 0 Å². The topological polar surface area (TPSA) is 26.3 Å². The summed E-state index contributed by atoms with van der Waals surface area (Å²) in [6, 6.07) is 0.109. The monoisotopic (exact) mass is 264 g/mol. The predicted octanol–water partition coefficient (Wildman–Crippen LogP) is 3.38. The van der Waals surface area contributed by atoms with Crippen molar-refractivity contribution in [3.05, 3.63) is 29.3 Å². The maximum atomic E-state index is 13.1.